The first-order valence-electron chi connectivity index (χ1n) is 26.4. The smallest absolute Gasteiger partial charge is 0.0654 e. The van der Waals surface area contributed by atoms with Gasteiger partial charge in [0.15, 0.2) is 0 Å². The van der Waals surface area contributed by atoms with Gasteiger partial charge in [-0.15, -0.1) is 0 Å². The molecular formula is C54H87O9S3Zr. The molecule has 0 aliphatic rings. The number of rotatable bonds is 42. The van der Waals surface area contributed by atoms with Crippen LogP contribution in [0.3, 0.4) is 0 Å². The van der Waals surface area contributed by atoms with E-state index in [1.54, 1.807) is 54.6 Å². The molecule has 0 spiro atoms. The summed E-state index contributed by atoms with van der Waals surface area (Å²) in [4.78, 5) is -0.434. The number of benzene rings is 3. The minimum Gasteiger partial charge on any atom is -0.0654 e. The number of hydrogen-bond acceptors (Lipinski definition) is 9. The van der Waals surface area contributed by atoms with E-state index in [1.807, 2.05) is 0 Å². The fraction of sp³-hybridized carbons (Fsp3) is 0.667. The molecule has 0 amide bonds. The zero-order valence-corrected chi connectivity index (χ0v) is 46.6. The second kappa shape index (κ2) is 35.4. The molecule has 0 saturated heterocycles. The molecule has 0 aromatic heterocycles. The standard InChI is InChI=1S/3C18H30O3S.Zr/c3*1-2-3-4-5-6-7-8-9-10-11-14-17-15-12-13-16-18(17)22(19,20)21;/h3*12-13,15-16H,2-11,14H2,1H3,(H,19,20,21);/q;;;+3/p-3. The second-order valence-corrected chi connectivity index (χ2v) is 27.9. The first kappa shape index (κ1) is 59.6. The van der Waals surface area contributed by atoms with Crippen LogP contribution in [-0.2, 0) is 79.5 Å². The van der Waals surface area contributed by atoms with Crippen molar-refractivity contribution in [2.45, 2.75) is 247 Å². The van der Waals surface area contributed by atoms with Crippen LogP contribution in [-0.4, -0.2) is 25.3 Å². The van der Waals surface area contributed by atoms with Gasteiger partial charge in [-0.25, -0.2) is 0 Å². The van der Waals surface area contributed by atoms with Crippen LogP contribution in [0.4, 0.5) is 0 Å². The Hall–Kier alpha value is -1.73. The quantitative estimate of drug-likeness (QED) is 0.0509. The molecule has 0 fully saturated rings. The van der Waals surface area contributed by atoms with Crippen LogP contribution in [0, 0.1) is 0 Å². The summed E-state index contributed by atoms with van der Waals surface area (Å²) in [6, 6.07) is 19.4. The van der Waals surface area contributed by atoms with E-state index in [4.69, 9.17) is 6.78 Å². The molecule has 0 atom stereocenters. The predicted molar refractivity (Wildman–Crippen MR) is 271 cm³/mol. The molecule has 3 aromatic carbocycles. The fourth-order valence-electron chi connectivity index (χ4n) is 8.72. The van der Waals surface area contributed by atoms with Gasteiger partial charge in [0.25, 0.3) is 0 Å². The summed E-state index contributed by atoms with van der Waals surface area (Å²) in [7, 11) is -14.2. The minimum absolute atomic E-state index is 0.145. The maximum atomic E-state index is 14.2. The Morgan fingerprint density at radius 2 is 0.493 bits per heavy atom. The van der Waals surface area contributed by atoms with Gasteiger partial charge in [0.1, 0.15) is 0 Å². The first-order valence-corrected chi connectivity index (χ1v) is 33.6. The summed E-state index contributed by atoms with van der Waals surface area (Å²) in [5, 5.41) is 0. The molecule has 0 N–H and O–H groups in total. The third kappa shape index (κ3) is 24.8. The normalized spacial score (nSPS) is 12.2. The minimum atomic E-state index is -5.42. The van der Waals surface area contributed by atoms with Crippen LogP contribution < -0.4 is 0 Å². The summed E-state index contributed by atoms with van der Waals surface area (Å²) in [6.45, 7) is 6.65. The van der Waals surface area contributed by atoms with Gasteiger partial charge in [-0.05, 0) is 0 Å². The van der Waals surface area contributed by atoms with E-state index in [2.05, 4.69) is 20.8 Å². The molecule has 0 saturated carbocycles. The molecule has 9 nitrogen and oxygen atoms in total. The average Bonchev–Trinajstić information content (AvgIpc) is 3.30. The monoisotopic (exact) mass is 1070 g/mol. The van der Waals surface area contributed by atoms with Gasteiger partial charge >= 0.3 is 344 Å². The van der Waals surface area contributed by atoms with Gasteiger partial charge in [-0.1, -0.05) is 78.6 Å². The van der Waals surface area contributed by atoms with Crippen LogP contribution in [0.5, 0.6) is 0 Å². The third-order valence-electron chi connectivity index (χ3n) is 12.7. The molecule has 0 radical (unpaired) electrons. The Kier molecular flexibility index (Phi) is 31.5. The Morgan fingerprint density at radius 1 is 0.299 bits per heavy atom. The Morgan fingerprint density at radius 3 is 0.716 bits per heavy atom. The van der Waals surface area contributed by atoms with Crippen LogP contribution in [0.2, 0.25) is 0 Å². The predicted octanol–water partition coefficient (Wildman–Crippen LogP) is 16.0. The molecule has 3 aromatic rings. The van der Waals surface area contributed by atoms with Gasteiger partial charge in [-0.3, -0.25) is 0 Å². The van der Waals surface area contributed by atoms with E-state index < -0.39 is 53.4 Å². The number of unbranched alkanes of at least 4 members (excludes halogenated alkanes) is 27. The van der Waals surface area contributed by atoms with Crippen molar-refractivity contribution in [2.24, 2.45) is 0 Å². The van der Waals surface area contributed by atoms with Crippen LogP contribution in [0.25, 0.3) is 0 Å². The molecule has 13 heteroatoms. The summed E-state index contributed by atoms with van der Waals surface area (Å²) in [6.07, 6.45) is 35.4. The van der Waals surface area contributed by atoms with E-state index in [0.29, 0.717) is 36.0 Å². The number of hydrogen-bond donors (Lipinski definition) is 0. The van der Waals surface area contributed by atoms with Gasteiger partial charge < -0.3 is 0 Å². The van der Waals surface area contributed by atoms with Gasteiger partial charge in [0, 0.05) is 0 Å². The van der Waals surface area contributed by atoms with Gasteiger partial charge in [0.2, 0.25) is 0 Å². The van der Waals surface area contributed by atoms with Crippen LogP contribution in [0.1, 0.15) is 230 Å². The van der Waals surface area contributed by atoms with Crippen molar-refractivity contribution in [1.82, 2.24) is 0 Å². The summed E-state index contributed by atoms with van der Waals surface area (Å²) in [5.41, 5.74) is 1.54. The zero-order valence-electron chi connectivity index (χ0n) is 41.7. The van der Waals surface area contributed by atoms with E-state index in [-0.39, 0.29) is 14.7 Å². The Balaban J connectivity index is 1.79. The molecule has 379 valence electrons. The van der Waals surface area contributed by atoms with Gasteiger partial charge in [0.05, 0.1) is 0 Å². The SMILES string of the molecule is CCCCCCCCCCCCc1ccccc1S(=O)(=O)[O][Zr]([O]S(=O)(=O)c1ccccc1CCCCCCCCCCCC)[O]S(=O)(=O)c1ccccc1CCCCCCCCCCCC. The molecule has 0 aliphatic heterocycles. The molecule has 67 heavy (non-hydrogen) atoms. The third-order valence-corrected chi connectivity index (χ3v) is 24.4. The van der Waals surface area contributed by atoms with Crippen molar-refractivity contribution < 1.29 is 55.1 Å². The van der Waals surface area contributed by atoms with E-state index >= 15 is 0 Å². The Labute approximate surface area is 419 Å². The fourth-order valence-corrected chi connectivity index (χ4v) is 19.9. The maximum absolute atomic E-state index is 14.2. The van der Waals surface area contributed by atoms with Crippen molar-refractivity contribution >= 4 is 30.4 Å². The van der Waals surface area contributed by atoms with Crippen molar-refractivity contribution in [1.29, 1.82) is 0 Å². The second-order valence-electron chi connectivity index (χ2n) is 18.5. The molecule has 3 rings (SSSR count). The summed E-state index contributed by atoms with van der Waals surface area (Å²) in [5.74, 6) is 0. The van der Waals surface area contributed by atoms with Gasteiger partial charge in [-0.2, -0.15) is 0 Å². The molecular weight excluding hydrogens is 980 g/mol. The average molecular weight is 1070 g/mol. The van der Waals surface area contributed by atoms with E-state index in [0.717, 1.165) is 77.0 Å². The number of aryl methyl sites for hydroxylation is 3. The molecule has 0 bridgehead atoms. The van der Waals surface area contributed by atoms with Crippen molar-refractivity contribution in [3.05, 3.63) is 89.5 Å². The zero-order chi connectivity index (χ0) is 48.5. The van der Waals surface area contributed by atoms with E-state index in [1.165, 1.54) is 134 Å². The molecule has 0 heterocycles. The van der Waals surface area contributed by atoms with Crippen molar-refractivity contribution in [3.63, 3.8) is 0 Å². The summed E-state index contributed by atoms with van der Waals surface area (Å²) < 4.78 is 102. The van der Waals surface area contributed by atoms with Crippen LogP contribution in [0.15, 0.2) is 87.5 Å². The topological polar surface area (TPSA) is 130 Å². The molecule has 0 unspecified atom stereocenters. The van der Waals surface area contributed by atoms with Crippen molar-refractivity contribution in [3.8, 4) is 0 Å². The first-order chi connectivity index (χ1) is 32.4. The Bertz CT molecular complexity index is 1860. The summed E-state index contributed by atoms with van der Waals surface area (Å²) >= 11 is -5.42. The van der Waals surface area contributed by atoms with Crippen LogP contribution >= 0.6 is 0 Å². The van der Waals surface area contributed by atoms with Crippen molar-refractivity contribution in [2.75, 3.05) is 0 Å². The molecule has 0 aliphatic carbocycles. The van der Waals surface area contributed by atoms with E-state index in [9.17, 15) is 25.3 Å².